The van der Waals surface area contributed by atoms with Crippen LogP contribution in [0.1, 0.15) is 10.4 Å². The third kappa shape index (κ3) is 3.69. The van der Waals surface area contributed by atoms with Gasteiger partial charge in [0.15, 0.2) is 5.43 Å². The highest BCUT2D eigenvalue weighted by atomic mass is 16.5. The fraction of sp³-hybridized carbons (Fsp3) is 0.0833. The number of primary amides is 1. The number of nitrogens with two attached hydrogens (primary N) is 1. The number of ether oxygens (including phenoxy) is 2. The van der Waals surface area contributed by atoms with E-state index >= 15 is 0 Å². The van der Waals surface area contributed by atoms with Crippen LogP contribution in [0.5, 0.6) is 17.2 Å². The van der Waals surface area contributed by atoms with Gasteiger partial charge in [0.2, 0.25) is 5.91 Å². The third-order valence-corrected chi connectivity index (χ3v) is 4.97. The molecule has 0 radical (unpaired) electrons. The lowest BCUT2D eigenvalue weighted by Crippen LogP contribution is -2.10. The lowest BCUT2D eigenvalue weighted by atomic mass is 9.96. The molecule has 0 aliphatic carbocycles. The molecule has 7 nitrogen and oxygen atoms in total. The van der Waals surface area contributed by atoms with E-state index in [1.807, 2.05) is 0 Å². The Morgan fingerprint density at radius 2 is 1.68 bits per heavy atom. The molecule has 31 heavy (non-hydrogen) atoms. The Kier molecular flexibility index (Phi) is 5.09. The number of amides is 1. The number of rotatable bonds is 5. The van der Waals surface area contributed by atoms with Gasteiger partial charge < -0.3 is 24.7 Å². The van der Waals surface area contributed by atoms with Crippen LogP contribution in [0.25, 0.3) is 33.4 Å². The Bertz CT molecular complexity index is 1360. The van der Waals surface area contributed by atoms with Crippen molar-refractivity contribution in [2.45, 2.75) is 0 Å². The lowest BCUT2D eigenvalue weighted by Gasteiger charge is -2.12. The van der Waals surface area contributed by atoms with Crippen molar-refractivity contribution in [3.05, 3.63) is 76.5 Å². The zero-order valence-corrected chi connectivity index (χ0v) is 16.8. The second-order valence-corrected chi connectivity index (χ2v) is 6.85. The molecule has 1 amide bonds. The van der Waals surface area contributed by atoms with Crippen LogP contribution >= 0.6 is 0 Å². The average molecular weight is 417 g/mol. The SMILES string of the molecule is COc1cc(OC)c2c(=O)cc(-c3ccc(O)cc3-c3ccc(C(N)=O)cc3)oc2c1. The van der Waals surface area contributed by atoms with E-state index < -0.39 is 5.91 Å². The molecular formula is C24H19NO6. The smallest absolute Gasteiger partial charge is 0.248 e. The first-order valence-electron chi connectivity index (χ1n) is 9.34. The van der Waals surface area contributed by atoms with Crippen LogP contribution in [0.4, 0.5) is 0 Å². The predicted molar refractivity (Wildman–Crippen MR) is 117 cm³/mol. The number of fused-ring (bicyclic) bond motifs is 1. The molecule has 0 spiro atoms. The number of phenolic OH excluding ortho intramolecular Hbond substituents is 1. The quantitative estimate of drug-likeness (QED) is 0.509. The molecule has 0 aliphatic rings. The van der Waals surface area contributed by atoms with Gasteiger partial charge in [-0.1, -0.05) is 12.1 Å². The minimum absolute atomic E-state index is 0.0456. The van der Waals surface area contributed by atoms with E-state index in [2.05, 4.69) is 0 Å². The lowest BCUT2D eigenvalue weighted by molar-refractivity contribution is 0.100. The molecule has 1 aromatic heterocycles. The van der Waals surface area contributed by atoms with Crippen LogP contribution in [-0.4, -0.2) is 25.2 Å². The van der Waals surface area contributed by atoms with Crippen molar-refractivity contribution in [1.82, 2.24) is 0 Å². The van der Waals surface area contributed by atoms with Gasteiger partial charge in [-0.25, -0.2) is 0 Å². The van der Waals surface area contributed by atoms with E-state index in [-0.39, 0.29) is 11.2 Å². The molecule has 0 bridgehead atoms. The van der Waals surface area contributed by atoms with E-state index in [1.165, 1.54) is 26.4 Å². The van der Waals surface area contributed by atoms with Gasteiger partial charge >= 0.3 is 0 Å². The Labute approximate surface area is 177 Å². The summed E-state index contributed by atoms with van der Waals surface area (Å²) in [4.78, 5) is 24.3. The van der Waals surface area contributed by atoms with Crippen LogP contribution in [-0.2, 0) is 0 Å². The highest BCUT2D eigenvalue weighted by molar-refractivity contribution is 5.94. The summed E-state index contributed by atoms with van der Waals surface area (Å²) in [7, 11) is 2.98. The van der Waals surface area contributed by atoms with Crippen molar-refractivity contribution in [1.29, 1.82) is 0 Å². The molecule has 4 rings (SSSR count). The molecule has 1 heterocycles. The van der Waals surface area contributed by atoms with E-state index in [0.717, 1.165) is 0 Å². The Morgan fingerprint density at radius 1 is 0.935 bits per heavy atom. The number of hydrogen-bond donors (Lipinski definition) is 2. The van der Waals surface area contributed by atoms with Gasteiger partial charge in [0.25, 0.3) is 0 Å². The number of phenols is 1. The number of methoxy groups -OCH3 is 2. The second-order valence-electron chi connectivity index (χ2n) is 6.85. The number of hydrogen-bond acceptors (Lipinski definition) is 6. The monoisotopic (exact) mass is 417 g/mol. The van der Waals surface area contributed by atoms with Crippen LogP contribution in [0.3, 0.4) is 0 Å². The molecule has 7 heteroatoms. The minimum atomic E-state index is -0.536. The summed E-state index contributed by atoms with van der Waals surface area (Å²) in [5.41, 5.74) is 7.62. The molecule has 0 fully saturated rings. The largest absolute Gasteiger partial charge is 0.508 e. The van der Waals surface area contributed by atoms with Crippen LogP contribution in [0.2, 0.25) is 0 Å². The summed E-state index contributed by atoms with van der Waals surface area (Å²) in [6.45, 7) is 0. The van der Waals surface area contributed by atoms with Gasteiger partial charge in [-0.15, -0.1) is 0 Å². The molecule has 156 valence electrons. The molecule has 0 unspecified atom stereocenters. The summed E-state index contributed by atoms with van der Waals surface area (Å²) in [6, 6.07) is 16.0. The highest BCUT2D eigenvalue weighted by Crippen LogP contribution is 2.37. The first kappa shape index (κ1) is 20.0. The van der Waals surface area contributed by atoms with Crippen molar-refractivity contribution in [2.24, 2.45) is 5.73 Å². The Morgan fingerprint density at radius 3 is 2.32 bits per heavy atom. The van der Waals surface area contributed by atoms with E-state index in [0.29, 0.717) is 50.5 Å². The number of carbonyl (C=O) groups excluding carboxylic acids is 1. The van der Waals surface area contributed by atoms with Crippen molar-refractivity contribution >= 4 is 16.9 Å². The van der Waals surface area contributed by atoms with Crippen molar-refractivity contribution < 1.29 is 23.8 Å². The van der Waals surface area contributed by atoms with Crippen LogP contribution < -0.4 is 20.6 Å². The summed E-state index contributed by atoms with van der Waals surface area (Å²) in [5, 5.41) is 10.4. The number of aromatic hydroxyl groups is 1. The average Bonchev–Trinajstić information content (AvgIpc) is 2.78. The van der Waals surface area contributed by atoms with Crippen molar-refractivity contribution in [3.63, 3.8) is 0 Å². The minimum Gasteiger partial charge on any atom is -0.508 e. The Hall–Kier alpha value is -4.26. The van der Waals surface area contributed by atoms with Crippen molar-refractivity contribution in [3.8, 4) is 39.7 Å². The van der Waals surface area contributed by atoms with Gasteiger partial charge in [-0.05, 0) is 41.5 Å². The van der Waals surface area contributed by atoms with E-state index in [4.69, 9.17) is 19.6 Å². The first-order valence-corrected chi connectivity index (χ1v) is 9.34. The zero-order chi connectivity index (χ0) is 22.1. The number of carbonyl (C=O) groups is 1. The summed E-state index contributed by atoms with van der Waals surface area (Å²) in [5.74, 6) is 0.650. The van der Waals surface area contributed by atoms with Gasteiger partial charge in [0.05, 0.1) is 14.2 Å². The molecule has 0 aliphatic heterocycles. The van der Waals surface area contributed by atoms with Gasteiger partial charge in [-0.2, -0.15) is 0 Å². The topological polar surface area (TPSA) is 112 Å². The highest BCUT2D eigenvalue weighted by Gasteiger charge is 2.17. The molecule has 3 aromatic carbocycles. The Balaban J connectivity index is 1.94. The molecular weight excluding hydrogens is 398 g/mol. The fourth-order valence-corrected chi connectivity index (χ4v) is 3.44. The summed E-state index contributed by atoms with van der Waals surface area (Å²) >= 11 is 0. The molecule has 3 N–H and O–H groups in total. The normalized spacial score (nSPS) is 10.8. The summed E-state index contributed by atoms with van der Waals surface area (Å²) < 4.78 is 16.7. The maximum absolute atomic E-state index is 12.9. The van der Waals surface area contributed by atoms with E-state index in [9.17, 15) is 14.7 Å². The van der Waals surface area contributed by atoms with E-state index in [1.54, 1.807) is 48.5 Å². The molecule has 0 saturated carbocycles. The molecule has 0 saturated heterocycles. The molecule has 0 atom stereocenters. The van der Waals surface area contributed by atoms with Crippen LogP contribution in [0, 0.1) is 0 Å². The summed E-state index contributed by atoms with van der Waals surface area (Å²) in [6.07, 6.45) is 0. The second kappa shape index (κ2) is 7.87. The van der Waals surface area contributed by atoms with Crippen molar-refractivity contribution in [2.75, 3.05) is 14.2 Å². The zero-order valence-electron chi connectivity index (χ0n) is 16.8. The van der Waals surface area contributed by atoms with Gasteiger partial charge in [0.1, 0.15) is 34.0 Å². The predicted octanol–water partition coefficient (Wildman–Crippen LogP) is 3.95. The maximum atomic E-state index is 12.9. The standard InChI is InChI=1S/C24H19NO6/c1-29-16-10-21(30-2)23-19(27)12-20(31-22(23)11-16)17-8-7-15(26)9-18(17)13-3-5-14(6-4-13)24(25)28/h3-12,26H,1-2H3,(H2,25,28). The van der Waals surface area contributed by atoms with Gasteiger partial charge in [0, 0.05) is 29.3 Å². The first-order chi connectivity index (χ1) is 14.9. The van der Waals surface area contributed by atoms with Gasteiger partial charge in [-0.3, -0.25) is 9.59 Å². The number of benzene rings is 3. The third-order valence-electron chi connectivity index (χ3n) is 4.97. The fourth-order valence-electron chi connectivity index (χ4n) is 3.44. The van der Waals surface area contributed by atoms with Crippen LogP contribution in [0.15, 0.2) is 69.9 Å². The molecule has 4 aromatic rings. The maximum Gasteiger partial charge on any atom is 0.248 e.